The quantitative estimate of drug-likeness (QED) is 0.348. The van der Waals surface area contributed by atoms with Crippen LogP contribution in [0.4, 0.5) is 11.6 Å². The summed E-state index contributed by atoms with van der Waals surface area (Å²) in [4.78, 5) is 28.9. The lowest BCUT2D eigenvalue weighted by Gasteiger charge is -2.39. The molecule has 2 aromatic heterocycles. The molecule has 0 unspecified atom stereocenters. The summed E-state index contributed by atoms with van der Waals surface area (Å²) < 4.78 is 22.6. The van der Waals surface area contributed by atoms with Gasteiger partial charge in [-0.25, -0.2) is 15.0 Å². The van der Waals surface area contributed by atoms with Crippen LogP contribution in [0.25, 0.3) is 22.3 Å². The van der Waals surface area contributed by atoms with Crippen LogP contribution in [0.15, 0.2) is 31.0 Å². The number of pyridine rings is 1. The number of carbonyl (C=O) groups excluding carboxylic acids is 1. The van der Waals surface area contributed by atoms with Gasteiger partial charge in [0.25, 0.3) is 0 Å². The Bertz CT molecular complexity index is 1460. The first kappa shape index (κ1) is 29.8. The van der Waals surface area contributed by atoms with E-state index in [9.17, 15) is 4.79 Å². The summed E-state index contributed by atoms with van der Waals surface area (Å²) in [7, 11) is 4.93. The van der Waals surface area contributed by atoms with E-state index in [0.29, 0.717) is 52.5 Å². The molecule has 2 aliphatic heterocycles. The smallest absolute Gasteiger partial charge is 0.243 e. The third-order valence-electron chi connectivity index (χ3n) is 8.21. The third kappa shape index (κ3) is 5.81. The van der Waals surface area contributed by atoms with Gasteiger partial charge in [-0.05, 0) is 38.8 Å². The number of halogens is 1. The zero-order valence-corrected chi connectivity index (χ0v) is 25.4. The van der Waals surface area contributed by atoms with Crippen LogP contribution in [-0.2, 0) is 14.3 Å². The highest BCUT2D eigenvalue weighted by molar-refractivity contribution is 6.35. The standard InChI is InChI=1S/C30H37ClN6O5/c1-7-25(38)34-21-16-42-15-20(21)33-24-12-18-19(14-32-24)35-28(26-17(2)22(39-4)13-23(40-5)27(26)31)36-29(18)37-10-8-30(3,41-6)9-11-37/h7,12-14,20-21H,1,8-11,15-16H2,2-6H3,(H,32,33)(H,34,38)/t20-,21+/m1/s1. The zero-order valence-electron chi connectivity index (χ0n) is 24.6. The van der Waals surface area contributed by atoms with E-state index in [2.05, 4.69) is 34.0 Å². The Hall–Kier alpha value is -3.67. The molecule has 0 bridgehead atoms. The molecule has 0 aliphatic carbocycles. The Morgan fingerprint density at radius 3 is 2.52 bits per heavy atom. The van der Waals surface area contributed by atoms with Crippen molar-refractivity contribution in [2.75, 3.05) is 57.8 Å². The van der Waals surface area contributed by atoms with Gasteiger partial charge in [0.1, 0.15) is 23.1 Å². The van der Waals surface area contributed by atoms with Crippen molar-refractivity contribution in [3.8, 4) is 22.9 Å². The topological polar surface area (TPSA) is 120 Å². The lowest BCUT2D eigenvalue weighted by molar-refractivity contribution is -0.117. The Morgan fingerprint density at radius 1 is 1.14 bits per heavy atom. The van der Waals surface area contributed by atoms with Gasteiger partial charge in [0, 0.05) is 42.8 Å². The minimum Gasteiger partial charge on any atom is -0.496 e. The highest BCUT2D eigenvalue weighted by Crippen LogP contribution is 2.43. The summed E-state index contributed by atoms with van der Waals surface area (Å²) >= 11 is 6.84. The number of fused-ring (bicyclic) bond motifs is 1. The van der Waals surface area contributed by atoms with E-state index in [4.69, 9.17) is 40.5 Å². The molecular formula is C30H37ClN6O5. The van der Waals surface area contributed by atoms with Gasteiger partial charge < -0.3 is 34.5 Å². The number of benzene rings is 1. The van der Waals surface area contributed by atoms with Crippen molar-refractivity contribution in [3.05, 3.63) is 41.6 Å². The molecule has 2 saturated heterocycles. The fourth-order valence-corrected chi connectivity index (χ4v) is 5.80. The maximum atomic E-state index is 11.9. The third-order valence-corrected chi connectivity index (χ3v) is 8.58. The molecule has 3 aromatic rings. The Balaban J connectivity index is 1.59. The minimum absolute atomic E-state index is 0.161. The average Bonchev–Trinajstić information content (AvgIpc) is 3.43. The van der Waals surface area contributed by atoms with Gasteiger partial charge in [-0.15, -0.1) is 0 Å². The second kappa shape index (κ2) is 12.3. The fourth-order valence-electron chi connectivity index (χ4n) is 5.44. The van der Waals surface area contributed by atoms with Crippen LogP contribution in [0.2, 0.25) is 5.02 Å². The van der Waals surface area contributed by atoms with E-state index in [1.165, 1.54) is 6.08 Å². The molecule has 0 spiro atoms. The normalized spacial score (nSPS) is 19.9. The molecule has 0 radical (unpaired) electrons. The van der Waals surface area contributed by atoms with E-state index in [0.717, 1.165) is 42.7 Å². The van der Waals surface area contributed by atoms with Crippen LogP contribution in [0.3, 0.4) is 0 Å². The van der Waals surface area contributed by atoms with Crippen LogP contribution in [0, 0.1) is 6.92 Å². The van der Waals surface area contributed by atoms with Crippen molar-refractivity contribution in [1.29, 1.82) is 0 Å². The molecule has 2 N–H and O–H groups in total. The van der Waals surface area contributed by atoms with Gasteiger partial charge in [0.15, 0.2) is 5.82 Å². The number of hydrogen-bond acceptors (Lipinski definition) is 10. The van der Waals surface area contributed by atoms with E-state index in [1.807, 2.05) is 13.0 Å². The highest BCUT2D eigenvalue weighted by atomic mass is 35.5. The summed E-state index contributed by atoms with van der Waals surface area (Å²) in [5, 5.41) is 7.59. The first-order chi connectivity index (χ1) is 20.2. The van der Waals surface area contributed by atoms with Crippen molar-refractivity contribution in [3.63, 3.8) is 0 Å². The molecule has 1 aromatic carbocycles. The predicted octanol–water partition coefficient (Wildman–Crippen LogP) is 4.16. The molecule has 224 valence electrons. The fraction of sp³-hybridized carbons (Fsp3) is 0.467. The van der Waals surface area contributed by atoms with Gasteiger partial charge in [-0.3, -0.25) is 4.79 Å². The number of methoxy groups -OCH3 is 3. The second-order valence-corrected chi connectivity index (χ2v) is 11.2. The largest absolute Gasteiger partial charge is 0.496 e. The summed E-state index contributed by atoms with van der Waals surface area (Å²) in [6.45, 7) is 9.94. The van der Waals surface area contributed by atoms with E-state index < -0.39 is 0 Å². The number of aromatic nitrogens is 3. The molecule has 4 heterocycles. The van der Waals surface area contributed by atoms with Gasteiger partial charge >= 0.3 is 0 Å². The van der Waals surface area contributed by atoms with Crippen molar-refractivity contribution in [2.45, 2.75) is 44.4 Å². The summed E-state index contributed by atoms with van der Waals surface area (Å²) in [5.74, 6) is 2.71. The van der Waals surface area contributed by atoms with Gasteiger partial charge in [-0.1, -0.05) is 18.2 Å². The lowest BCUT2D eigenvalue weighted by Crippen LogP contribution is -2.45. The molecule has 0 saturated carbocycles. The number of nitrogens with zero attached hydrogens (tertiary/aromatic N) is 4. The van der Waals surface area contributed by atoms with Crippen LogP contribution < -0.4 is 25.0 Å². The molecule has 2 atom stereocenters. The van der Waals surface area contributed by atoms with Crippen LogP contribution in [0.5, 0.6) is 11.5 Å². The van der Waals surface area contributed by atoms with Crippen molar-refractivity contribution in [2.24, 2.45) is 0 Å². The van der Waals surface area contributed by atoms with Gasteiger partial charge in [0.2, 0.25) is 5.91 Å². The molecule has 2 aliphatic rings. The van der Waals surface area contributed by atoms with Gasteiger partial charge in [0.05, 0.1) is 61.9 Å². The van der Waals surface area contributed by atoms with Crippen molar-refractivity contribution < 1.29 is 23.7 Å². The molecule has 2 fully saturated rings. The number of carbonyl (C=O) groups is 1. The lowest BCUT2D eigenvalue weighted by atomic mass is 9.93. The van der Waals surface area contributed by atoms with Gasteiger partial charge in [-0.2, -0.15) is 0 Å². The maximum absolute atomic E-state index is 11.9. The average molecular weight is 597 g/mol. The first-order valence-electron chi connectivity index (χ1n) is 13.9. The molecule has 11 nitrogen and oxygen atoms in total. The van der Waals surface area contributed by atoms with E-state index >= 15 is 0 Å². The molecule has 5 rings (SSSR count). The van der Waals surface area contributed by atoms with E-state index in [-0.39, 0.29) is 23.6 Å². The first-order valence-corrected chi connectivity index (χ1v) is 14.2. The minimum atomic E-state index is -0.247. The van der Waals surface area contributed by atoms with Crippen LogP contribution in [-0.4, -0.2) is 86.2 Å². The summed E-state index contributed by atoms with van der Waals surface area (Å²) in [6, 6.07) is 3.33. The summed E-state index contributed by atoms with van der Waals surface area (Å²) in [6.07, 6.45) is 4.67. The summed E-state index contributed by atoms with van der Waals surface area (Å²) in [5.41, 5.74) is 1.92. The number of piperidine rings is 1. The van der Waals surface area contributed by atoms with Crippen molar-refractivity contribution in [1.82, 2.24) is 20.3 Å². The molecule has 1 amide bonds. The number of nitrogens with one attached hydrogen (secondary N) is 2. The molecule has 42 heavy (non-hydrogen) atoms. The van der Waals surface area contributed by atoms with Crippen LogP contribution >= 0.6 is 11.6 Å². The number of amides is 1. The molecule has 12 heteroatoms. The van der Waals surface area contributed by atoms with Crippen LogP contribution in [0.1, 0.15) is 25.3 Å². The monoisotopic (exact) mass is 596 g/mol. The number of hydrogen-bond donors (Lipinski definition) is 2. The van der Waals surface area contributed by atoms with Crippen molar-refractivity contribution >= 4 is 40.0 Å². The predicted molar refractivity (Wildman–Crippen MR) is 163 cm³/mol. The second-order valence-electron chi connectivity index (χ2n) is 10.8. The Morgan fingerprint density at radius 2 is 1.86 bits per heavy atom. The number of ether oxygens (including phenoxy) is 4. The maximum Gasteiger partial charge on any atom is 0.243 e. The number of rotatable bonds is 9. The Kier molecular flexibility index (Phi) is 8.72. The Labute approximate surface area is 250 Å². The molecular weight excluding hydrogens is 560 g/mol. The highest BCUT2D eigenvalue weighted by Gasteiger charge is 2.33. The zero-order chi connectivity index (χ0) is 30.0. The van der Waals surface area contributed by atoms with E-state index in [1.54, 1.807) is 33.6 Å². The number of anilines is 2. The SMILES string of the molecule is C=CC(=O)N[C@H]1COC[C@H]1Nc1cc2c(N3CCC(C)(OC)CC3)nc(-c3c(C)c(OC)cc(OC)c3Cl)nc2cn1.